The highest BCUT2D eigenvalue weighted by atomic mass is 32.2. The van der Waals surface area contributed by atoms with Gasteiger partial charge >= 0.3 is 5.97 Å². The number of carbonyl (C=O) groups is 2. The number of carboxylic acids is 1. The topological polar surface area (TPSA) is 84.9 Å². The molecule has 1 aromatic carbocycles. The molecule has 6 nitrogen and oxygen atoms in total. The van der Waals surface area contributed by atoms with Gasteiger partial charge in [0, 0.05) is 11.3 Å². The van der Waals surface area contributed by atoms with E-state index in [-0.39, 0.29) is 0 Å². The highest BCUT2D eigenvalue weighted by molar-refractivity contribution is 7.98. The SMILES string of the molecule is COc1ccc(OC)c(CSCCC(NC=O)C(=O)O)c1. The van der Waals surface area contributed by atoms with Crippen molar-refractivity contribution in [2.24, 2.45) is 0 Å². The minimum absolute atomic E-state index is 0.366. The van der Waals surface area contributed by atoms with Crippen LogP contribution in [-0.4, -0.2) is 43.5 Å². The van der Waals surface area contributed by atoms with Crippen molar-refractivity contribution in [3.63, 3.8) is 0 Å². The maximum Gasteiger partial charge on any atom is 0.326 e. The first-order valence-electron chi connectivity index (χ1n) is 6.33. The summed E-state index contributed by atoms with van der Waals surface area (Å²) in [5.74, 6) is 1.77. The summed E-state index contributed by atoms with van der Waals surface area (Å²) in [5, 5.41) is 11.2. The number of thioether (sulfide) groups is 1. The minimum Gasteiger partial charge on any atom is -0.497 e. The number of amides is 1. The Morgan fingerprint density at radius 3 is 2.76 bits per heavy atom. The van der Waals surface area contributed by atoms with Gasteiger partial charge in [-0.25, -0.2) is 4.79 Å². The minimum atomic E-state index is -1.03. The molecule has 116 valence electrons. The van der Waals surface area contributed by atoms with Gasteiger partial charge in [-0.1, -0.05) is 0 Å². The van der Waals surface area contributed by atoms with Gasteiger partial charge < -0.3 is 19.9 Å². The predicted molar refractivity (Wildman–Crippen MR) is 80.9 cm³/mol. The highest BCUT2D eigenvalue weighted by Gasteiger charge is 2.15. The van der Waals surface area contributed by atoms with Crippen LogP contribution in [0.25, 0.3) is 0 Å². The van der Waals surface area contributed by atoms with Crippen molar-refractivity contribution in [2.45, 2.75) is 18.2 Å². The van der Waals surface area contributed by atoms with E-state index in [9.17, 15) is 9.59 Å². The van der Waals surface area contributed by atoms with Crippen LogP contribution in [0.2, 0.25) is 0 Å². The van der Waals surface area contributed by atoms with Gasteiger partial charge in [-0.05, 0) is 30.4 Å². The molecule has 0 saturated heterocycles. The van der Waals surface area contributed by atoms with E-state index in [0.717, 1.165) is 17.1 Å². The molecule has 0 bridgehead atoms. The Hall–Kier alpha value is -1.89. The summed E-state index contributed by atoms with van der Waals surface area (Å²) in [6.07, 6.45) is 0.777. The lowest BCUT2D eigenvalue weighted by Crippen LogP contribution is -2.36. The Morgan fingerprint density at radius 2 is 2.19 bits per heavy atom. The first-order chi connectivity index (χ1) is 10.1. The molecule has 0 aliphatic heterocycles. The van der Waals surface area contributed by atoms with E-state index in [1.165, 1.54) is 0 Å². The van der Waals surface area contributed by atoms with Gasteiger partial charge in [-0.2, -0.15) is 11.8 Å². The maximum absolute atomic E-state index is 10.9. The maximum atomic E-state index is 10.9. The van der Waals surface area contributed by atoms with Crippen LogP contribution in [0, 0.1) is 0 Å². The van der Waals surface area contributed by atoms with Gasteiger partial charge in [0.25, 0.3) is 0 Å². The molecule has 0 aliphatic rings. The molecule has 1 unspecified atom stereocenters. The zero-order valence-corrected chi connectivity index (χ0v) is 12.8. The third kappa shape index (κ3) is 5.55. The molecule has 1 atom stereocenters. The van der Waals surface area contributed by atoms with Gasteiger partial charge in [0.15, 0.2) is 0 Å². The lowest BCUT2D eigenvalue weighted by molar-refractivity contribution is -0.140. The molecule has 7 heteroatoms. The van der Waals surface area contributed by atoms with Gasteiger partial charge in [-0.3, -0.25) is 4.79 Å². The Labute approximate surface area is 127 Å². The third-order valence-corrected chi connectivity index (χ3v) is 3.90. The fourth-order valence-corrected chi connectivity index (χ4v) is 2.73. The molecule has 1 amide bonds. The van der Waals surface area contributed by atoms with Gasteiger partial charge in [0.05, 0.1) is 14.2 Å². The Morgan fingerprint density at radius 1 is 1.43 bits per heavy atom. The summed E-state index contributed by atoms with van der Waals surface area (Å²) in [6, 6.07) is 4.70. The summed E-state index contributed by atoms with van der Waals surface area (Å²) >= 11 is 1.57. The van der Waals surface area contributed by atoms with Crippen LogP contribution in [0.5, 0.6) is 11.5 Å². The molecule has 0 fully saturated rings. The first kappa shape index (κ1) is 17.2. The van der Waals surface area contributed by atoms with Crippen molar-refractivity contribution in [2.75, 3.05) is 20.0 Å². The summed E-state index contributed by atoms with van der Waals surface area (Å²) in [5.41, 5.74) is 0.983. The molecular weight excluding hydrogens is 294 g/mol. The number of methoxy groups -OCH3 is 2. The van der Waals surface area contributed by atoms with E-state index in [2.05, 4.69) is 5.32 Å². The lowest BCUT2D eigenvalue weighted by Gasteiger charge is -2.12. The van der Waals surface area contributed by atoms with Crippen LogP contribution in [-0.2, 0) is 15.3 Å². The normalized spacial score (nSPS) is 11.5. The van der Waals surface area contributed by atoms with Gasteiger partial charge in [0.1, 0.15) is 17.5 Å². The van der Waals surface area contributed by atoms with Crippen molar-refractivity contribution in [1.82, 2.24) is 5.32 Å². The van der Waals surface area contributed by atoms with Crippen molar-refractivity contribution in [1.29, 1.82) is 0 Å². The summed E-state index contributed by atoms with van der Waals surface area (Å²) in [4.78, 5) is 21.2. The number of ether oxygens (including phenoxy) is 2. The van der Waals surface area contributed by atoms with Gasteiger partial charge in [0.2, 0.25) is 6.41 Å². The molecule has 0 heterocycles. The second kappa shape index (κ2) is 9.12. The number of rotatable bonds is 10. The number of hydrogen-bond donors (Lipinski definition) is 2. The van der Waals surface area contributed by atoms with E-state index in [1.807, 2.05) is 18.2 Å². The summed E-state index contributed by atoms with van der Waals surface area (Å²) in [7, 11) is 3.20. The van der Waals surface area contributed by atoms with Crippen LogP contribution in [0.4, 0.5) is 0 Å². The van der Waals surface area contributed by atoms with E-state index >= 15 is 0 Å². The highest BCUT2D eigenvalue weighted by Crippen LogP contribution is 2.27. The summed E-state index contributed by atoms with van der Waals surface area (Å²) in [6.45, 7) is 0. The van der Waals surface area contributed by atoms with E-state index in [1.54, 1.807) is 26.0 Å². The number of aliphatic carboxylic acids is 1. The number of hydrogen-bond acceptors (Lipinski definition) is 5. The second-order valence-corrected chi connectivity index (χ2v) is 5.30. The monoisotopic (exact) mass is 313 g/mol. The zero-order chi connectivity index (χ0) is 15.7. The molecule has 1 aromatic rings. The lowest BCUT2D eigenvalue weighted by atomic mass is 10.2. The molecule has 0 saturated carbocycles. The third-order valence-electron chi connectivity index (χ3n) is 2.86. The fraction of sp³-hybridized carbons (Fsp3) is 0.429. The Kier molecular flexibility index (Phi) is 7.45. The van der Waals surface area contributed by atoms with Crippen molar-refractivity contribution >= 4 is 24.1 Å². The van der Waals surface area contributed by atoms with Crippen LogP contribution in [0.3, 0.4) is 0 Å². The smallest absolute Gasteiger partial charge is 0.326 e. The number of benzene rings is 1. The van der Waals surface area contributed by atoms with Crippen molar-refractivity contribution in [3.8, 4) is 11.5 Å². The van der Waals surface area contributed by atoms with Crippen LogP contribution >= 0.6 is 11.8 Å². The molecule has 0 aliphatic carbocycles. The van der Waals surface area contributed by atoms with Crippen molar-refractivity contribution in [3.05, 3.63) is 23.8 Å². The Balaban J connectivity index is 2.51. The molecule has 21 heavy (non-hydrogen) atoms. The average molecular weight is 313 g/mol. The fourth-order valence-electron chi connectivity index (χ4n) is 1.74. The number of nitrogens with one attached hydrogen (secondary N) is 1. The van der Waals surface area contributed by atoms with Crippen LogP contribution in [0.15, 0.2) is 18.2 Å². The van der Waals surface area contributed by atoms with Crippen LogP contribution < -0.4 is 14.8 Å². The summed E-state index contributed by atoms with van der Waals surface area (Å²) < 4.78 is 10.4. The van der Waals surface area contributed by atoms with E-state index in [4.69, 9.17) is 14.6 Å². The largest absolute Gasteiger partial charge is 0.497 e. The average Bonchev–Trinajstić information content (AvgIpc) is 2.49. The number of carboxylic acid groups (broad SMARTS) is 1. The molecule has 0 aromatic heterocycles. The molecular formula is C14H19NO5S. The number of carbonyl (C=O) groups excluding carboxylic acids is 1. The van der Waals surface area contributed by atoms with Gasteiger partial charge in [-0.15, -0.1) is 0 Å². The molecule has 0 radical (unpaired) electrons. The van der Waals surface area contributed by atoms with E-state index in [0.29, 0.717) is 24.3 Å². The van der Waals surface area contributed by atoms with E-state index < -0.39 is 12.0 Å². The van der Waals surface area contributed by atoms with Crippen LogP contribution in [0.1, 0.15) is 12.0 Å². The zero-order valence-electron chi connectivity index (χ0n) is 12.0. The molecule has 2 N–H and O–H groups in total. The first-order valence-corrected chi connectivity index (χ1v) is 7.49. The second-order valence-electron chi connectivity index (χ2n) is 4.19. The molecule has 0 spiro atoms. The standard InChI is InChI=1S/C14H19NO5S/c1-19-11-3-4-13(20-2)10(7-11)8-21-6-5-12(14(17)18)15-9-16/h3-4,7,9,12H,5-6,8H2,1-2H3,(H,15,16)(H,17,18). The quantitative estimate of drug-likeness (QED) is 0.503. The Bertz CT molecular complexity index is 480. The predicted octanol–water partition coefficient (Wildman–Crippen LogP) is 1.53. The van der Waals surface area contributed by atoms with Crippen molar-refractivity contribution < 1.29 is 24.2 Å². The molecule has 1 rings (SSSR count).